The van der Waals surface area contributed by atoms with Crippen molar-refractivity contribution < 1.29 is 4.39 Å². The Balaban J connectivity index is 1.51. The van der Waals surface area contributed by atoms with Gasteiger partial charge in [0.25, 0.3) is 0 Å². The van der Waals surface area contributed by atoms with Crippen LogP contribution in [0.2, 0.25) is 0 Å². The first-order chi connectivity index (χ1) is 15.1. The number of thioether (sulfide) groups is 1. The molecule has 0 fully saturated rings. The molecule has 0 amide bonds. The van der Waals surface area contributed by atoms with Gasteiger partial charge in [-0.1, -0.05) is 42.1 Å². The van der Waals surface area contributed by atoms with Crippen LogP contribution in [0.1, 0.15) is 17.1 Å². The van der Waals surface area contributed by atoms with Gasteiger partial charge in [-0.25, -0.2) is 14.4 Å². The van der Waals surface area contributed by atoms with Crippen molar-refractivity contribution in [2.75, 3.05) is 0 Å². The minimum Gasteiger partial charge on any atom is -0.288 e. The molecule has 0 atom stereocenters. The van der Waals surface area contributed by atoms with Crippen LogP contribution >= 0.6 is 11.8 Å². The van der Waals surface area contributed by atoms with Crippen LogP contribution in [0.25, 0.3) is 22.9 Å². The molecule has 6 nitrogen and oxygen atoms in total. The highest BCUT2D eigenvalue weighted by Gasteiger charge is 2.17. The summed E-state index contributed by atoms with van der Waals surface area (Å²) < 4.78 is 17.5. The fourth-order valence-corrected chi connectivity index (χ4v) is 4.32. The second-order valence-corrected chi connectivity index (χ2v) is 8.16. The molecule has 154 valence electrons. The predicted molar refractivity (Wildman–Crippen MR) is 119 cm³/mol. The van der Waals surface area contributed by atoms with Crippen LogP contribution in [-0.2, 0) is 5.75 Å². The molecule has 3 heterocycles. The van der Waals surface area contributed by atoms with Crippen LogP contribution < -0.4 is 0 Å². The van der Waals surface area contributed by atoms with E-state index in [1.807, 2.05) is 65.4 Å². The Hall–Kier alpha value is -3.52. The topological polar surface area (TPSA) is 60.9 Å². The molecule has 0 radical (unpaired) electrons. The summed E-state index contributed by atoms with van der Waals surface area (Å²) in [4.78, 5) is 9.16. The molecule has 0 spiro atoms. The summed E-state index contributed by atoms with van der Waals surface area (Å²) in [7, 11) is 0. The SMILES string of the molecule is Cc1cc(C)n2cc(CSc3nnc(-c4ccccc4)n3-c3ccc(F)cc3)nc2n1. The third-order valence-electron chi connectivity index (χ3n) is 4.91. The zero-order valence-corrected chi connectivity index (χ0v) is 17.8. The second-order valence-electron chi connectivity index (χ2n) is 7.21. The molecule has 0 aliphatic rings. The summed E-state index contributed by atoms with van der Waals surface area (Å²) >= 11 is 1.53. The fraction of sp³-hybridized carbons (Fsp3) is 0.130. The zero-order chi connectivity index (χ0) is 21.4. The largest absolute Gasteiger partial charge is 0.288 e. The Bertz CT molecular complexity index is 1360. The van der Waals surface area contributed by atoms with E-state index >= 15 is 0 Å². The number of hydrogen-bond donors (Lipinski definition) is 0. The maximum atomic E-state index is 13.5. The summed E-state index contributed by atoms with van der Waals surface area (Å²) in [6.07, 6.45) is 2.00. The van der Waals surface area contributed by atoms with E-state index in [1.165, 1.54) is 23.9 Å². The maximum Gasteiger partial charge on any atom is 0.234 e. The lowest BCUT2D eigenvalue weighted by Gasteiger charge is -2.10. The third kappa shape index (κ3) is 3.82. The highest BCUT2D eigenvalue weighted by Crippen LogP contribution is 2.29. The lowest BCUT2D eigenvalue weighted by molar-refractivity contribution is 0.627. The first-order valence-electron chi connectivity index (χ1n) is 9.80. The van der Waals surface area contributed by atoms with E-state index in [1.54, 1.807) is 12.1 Å². The molecule has 0 unspecified atom stereocenters. The van der Waals surface area contributed by atoms with Crippen molar-refractivity contribution in [3.05, 3.63) is 89.8 Å². The highest BCUT2D eigenvalue weighted by atomic mass is 32.2. The Labute approximate surface area is 182 Å². The smallest absolute Gasteiger partial charge is 0.234 e. The molecule has 0 saturated carbocycles. The number of hydrogen-bond acceptors (Lipinski definition) is 5. The Morgan fingerprint density at radius 2 is 1.71 bits per heavy atom. The Kier molecular flexibility index (Phi) is 4.99. The van der Waals surface area contributed by atoms with Gasteiger partial charge in [-0.3, -0.25) is 8.97 Å². The van der Waals surface area contributed by atoms with E-state index < -0.39 is 0 Å². The standard InChI is InChI=1S/C23H19FN6S/c1-15-12-16(2)29-13-19(26-22(29)25-15)14-31-23-28-27-21(17-6-4-3-5-7-17)30(23)20-10-8-18(24)9-11-20/h3-13H,14H2,1-2H3. The van der Waals surface area contributed by atoms with Gasteiger partial charge in [-0.15, -0.1) is 10.2 Å². The minimum absolute atomic E-state index is 0.282. The van der Waals surface area contributed by atoms with Gasteiger partial charge in [0.15, 0.2) is 11.0 Å². The minimum atomic E-state index is -0.282. The second kappa shape index (κ2) is 7.96. The maximum absolute atomic E-state index is 13.5. The van der Waals surface area contributed by atoms with Gasteiger partial charge < -0.3 is 0 Å². The summed E-state index contributed by atoms with van der Waals surface area (Å²) in [5.74, 6) is 1.72. The monoisotopic (exact) mass is 430 g/mol. The van der Waals surface area contributed by atoms with Crippen LogP contribution in [0, 0.1) is 19.7 Å². The lowest BCUT2D eigenvalue weighted by atomic mass is 10.2. The average molecular weight is 431 g/mol. The van der Waals surface area contributed by atoms with Gasteiger partial charge >= 0.3 is 0 Å². The molecular formula is C23H19FN6S. The highest BCUT2D eigenvalue weighted by molar-refractivity contribution is 7.98. The first-order valence-corrected chi connectivity index (χ1v) is 10.8. The van der Waals surface area contributed by atoms with Crippen LogP contribution in [-0.4, -0.2) is 29.1 Å². The molecule has 0 saturated heterocycles. The van der Waals surface area contributed by atoms with E-state index in [2.05, 4.69) is 20.2 Å². The predicted octanol–water partition coefficient (Wildman–Crippen LogP) is 5.03. The number of fused-ring (bicyclic) bond motifs is 1. The quantitative estimate of drug-likeness (QED) is 0.366. The van der Waals surface area contributed by atoms with Gasteiger partial charge in [0, 0.05) is 34.6 Å². The van der Waals surface area contributed by atoms with E-state index in [-0.39, 0.29) is 5.82 Å². The summed E-state index contributed by atoms with van der Waals surface area (Å²) in [6, 6.07) is 18.2. The molecular weight excluding hydrogens is 411 g/mol. The van der Waals surface area contributed by atoms with E-state index in [0.29, 0.717) is 22.5 Å². The van der Waals surface area contributed by atoms with Gasteiger partial charge in [0.05, 0.1) is 5.69 Å². The van der Waals surface area contributed by atoms with Crippen LogP contribution in [0.3, 0.4) is 0 Å². The first kappa shape index (κ1) is 19.4. The molecule has 0 N–H and O–H groups in total. The van der Waals surface area contributed by atoms with Crippen LogP contribution in [0.15, 0.2) is 72.0 Å². The number of aromatic nitrogens is 6. The van der Waals surface area contributed by atoms with Crippen molar-refractivity contribution in [3.8, 4) is 17.1 Å². The molecule has 31 heavy (non-hydrogen) atoms. The number of benzene rings is 2. The van der Waals surface area contributed by atoms with Crippen molar-refractivity contribution in [2.45, 2.75) is 24.8 Å². The van der Waals surface area contributed by atoms with Gasteiger partial charge in [-0.2, -0.15) is 0 Å². The van der Waals surface area contributed by atoms with Crippen molar-refractivity contribution in [3.63, 3.8) is 0 Å². The van der Waals surface area contributed by atoms with Gasteiger partial charge in [0.2, 0.25) is 5.78 Å². The molecule has 0 aliphatic heterocycles. The molecule has 0 bridgehead atoms. The van der Waals surface area contributed by atoms with Gasteiger partial charge in [-0.05, 0) is 44.2 Å². The van der Waals surface area contributed by atoms with Crippen LogP contribution in [0.4, 0.5) is 4.39 Å². The third-order valence-corrected chi connectivity index (χ3v) is 5.87. The number of halogens is 1. The molecule has 2 aromatic carbocycles. The average Bonchev–Trinajstić information content (AvgIpc) is 3.37. The molecule has 0 aliphatic carbocycles. The molecule has 8 heteroatoms. The van der Waals surface area contributed by atoms with Crippen molar-refractivity contribution >= 4 is 17.5 Å². The van der Waals surface area contributed by atoms with E-state index in [0.717, 1.165) is 28.3 Å². The molecule has 3 aromatic heterocycles. The number of imidazole rings is 1. The van der Waals surface area contributed by atoms with E-state index in [4.69, 9.17) is 0 Å². The summed E-state index contributed by atoms with van der Waals surface area (Å²) in [6.45, 7) is 4.00. The number of rotatable bonds is 5. The Morgan fingerprint density at radius 1 is 0.935 bits per heavy atom. The normalized spacial score (nSPS) is 11.3. The number of aryl methyl sites for hydroxylation is 2. The van der Waals surface area contributed by atoms with Crippen molar-refractivity contribution in [1.82, 2.24) is 29.1 Å². The van der Waals surface area contributed by atoms with Crippen molar-refractivity contribution in [2.24, 2.45) is 0 Å². The number of nitrogens with zero attached hydrogens (tertiary/aromatic N) is 6. The van der Waals surface area contributed by atoms with Crippen molar-refractivity contribution in [1.29, 1.82) is 0 Å². The summed E-state index contributed by atoms with van der Waals surface area (Å²) in [5, 5.41) is 9.56. The van der Waals surface area contributed by atoms with E-state index in [9.17, 15) is 4.39 Å². The van der Waals surface area contributed by atoms with Gasteiger partial charge in [0.1, 0.15) is 5.82 Å². The van der Waals surface area contributed by atoms with Crippen LogP contribution in [0.5, 0.6) is 0 Å². The zero-order valence-electron chi connectivity index (χ0n) is 17.0. The lowest BCUT2D eigenvalue weighted by Crippen LogP contribution is -2.00. The molecule has 5 aromatic rings. The fourth-order valence-electron chi connectivity index (χ4n) is 3.49. The summed E-state index contributed by atoms with van der Waals surface area (Å²) in [5.41, 5.74) is 4.68. The Morgan fingerprint density at radius 3 is 2.48 bits per heavy atom. The molecule has 5 rings (SSSR count).